The summed E-state index contributed by atoms with van der Waals surface area (Å²) >= 11 is 0. The summed E-state index contributed by atoms with van der Waals surface area (Å²) in [7, 11) is 0. The highest BCUT2D eigenvalue weighted by Gasteiger charge is 2.16. The zero-order valence-corrected chi connectivity index (χ0v) is 26.1. The van der Waals surface area contributed by atoms with Crippen molar-refractivity contribution in [2.75, 3.05) is 0 Å². The first-order valence-electron chi connectivity index (χ1n) is 17.2. The molecule has 0 saturated carbocycles. The quantitative estimate of drug-likeness (QED) is 0.0842. The van der Waals surface area contributed by atoms with Gasteiger partial charge in [-0.3, -0.25) is 0 Å². The SMILES string of the molecule is CCCCCCCCCCCCCC(C)[n+]1cc[nH]c1CCCCCCCCCCCCCCC(C)C. The van der Waals surface area contributed by atoms with Crippen molar-refractivity contribution in [3.05, 3.63) is 18.2 Å². The fourth-order valence-corrected chi connectivity index (χ4v) is 5.85. The summed E-state index contributed by atoms with van der Waals surface area (Å²) in [6.07, 6.45) is 41.4. The van der Waals surface area contributed by atoms with Crippen molar-refractivity contribution in [2.24, 2.45) is 5.92 Å². The van der Waals surface area contributed by atoms with E-state index in [2.05, 4.69) is 49.6 Å². The van der Waals surface area contributed by atoms with Gasteiger partial charge in [0.1, 0.15) is 12.4 Å². The van der Waals surface area contributed by atoms with Crippen LogP contribution in [-0.4, -0.2) is 4.98 Å². The second-order valence-corrected chi connectivity index (χ2v) is 12.7. The first kappa shape index (κ1) is 34.2. The zero-order chi connectivity index (χ0) is 26.8. The van der Waals surface area contributed by atoms with Crippen molar-refractivity contribution >= 4 is 0 Å². The molecular weight excluding hydrogens is 448 g/mol. The molecule has 0 radical (unpaired) electrons. The highest BCUT2D eigenvalue weighted by molar-refractivity contribution is 4.78. The molecule has 0 amide bonds. The van der Waals surface area contributed by atoms with Crippen LogP contribution in [0.2, 0.25) is 0 Å². The maximum Gasteiger partial charge on any atom is 0.254 e. The van der Waals surface area contributed by atoms with Gasteiger partial charge in [-0.1, -0.05) is 162 Å². The topological polar surface area (TPSA) is 19.7 Å². The fraction of sp³-hybridized carbons (Fsp3) is 0.914. The van der Waals surface area contributed by atoms with Gasteiger partial charge >= 0.3 is 0 Å². The molecule has 1 aromatic rings. The average molecular weight is 518 g/mol. The van der Waals surface area contributed by atoms with E-state index >= 15 is 0 Å². The van der Waals surface area contributed by atoms with Crippen LogP contribution < -0.4 is 4.57 Å². The van der Waals surface area contributed by atoms with Crippen molar-refractivity contribution in [3.63, 3.8) is 0 Å². The largest absolute Gasteiger partial charge is 0.254 e. The third-order valence-corrected chi connectivity index (χ3v) is 8.44. The number of nitrogens with one attached hydrogen (secondary N) is 1. The molecule has 37 heavy (non-hydrogen) atoms. The molecular formula is C35H69N2+. The van der Waals surface area contributed by atoms with Crippen molar-refractivity contribution in [1.29, 1.82) is 0 Å². The number of unbranched alkanes of at least 4 members (excludes halogenated alkanes) is 21. The maximum atomic E-state index is 3.54. The lowest BCUT2D eigenvalue weighted by Gasteiger charge is -2.10. The first-order chi connectivity index (χ1) is 18.1. The second-order valence-electron chi connectivity index (χ2n) is 12.7. The molecule has 2 nitrogen and oxygen atoms in total. The van der Waals surface area contributed by atoms with Crippen molar-refractivity contribution in [1.82, 2.24) is 4.98 Å². The van der Waals surface area contributed by atoms with Crippen LogP contribution in [0.4, 0.5) is 0 Å². The van der Waals surface area contributed by atoms with E-state index in [1.165, 1.54) is 173 Å². The fourth-order valence-electron chi connectivity index (χ4n) is 5.85. The van der Waals surface area contributed by atoms with E-state index < -0.39 is 0 Å². The number of rotatable bonds is 28. The predicted molar refractivity (Wildman–Crippen MR) is 165 cm³/mol. The van der Waals surface area contributed by atoms with Crippen LogP contribution >= 0.6 is 0 Å². The molecule has 218 valence electrons. The summed E-state index contributed by atoms with van der Waals surface area (Å²) in [5, 5.41) is 0. The minimum Gasteiger partial charge on any atom is -0.248 e. The second kappa shape index (κ2) is 25.5. The first-order valence-corrected chi connectivity index (χ1v) is 17.2. The lowest BCUT2D eigenvalue weighted by atomic mass is 10.0. The molecule has 1 atom stereocenters. The van der Waals surface area contributed by atoms with E-state index in [4.69, 9.17) is 0 Å². The van der Waals surface area contributed by atoms with Gasteiger partial charge in [0, 0.05) is 6.42 Å². The smallest absolute Gasteiger partial charge is 0.248 e. The molecule has 0 fully saturated rings. The highest BCUT2D eigenvalue weighted by atomic mass is 15.1. The number of imidazole rings is 1. The molecule has 1 heterocycles. The van der Waals surface area contributed by atoms with E-state index in [-0.39, 0.29) is 0 Å². The number of aromatic nitrogens is 2. The van der Waals surface area contributed by atoms with Crippen LogP contribution in [0.5, 0.6) is 0 Å². The van der Waals surface area contributed by atoms with Crippen molar-refractivity contribution in [3.8, 4) is 0 Å². The molecule has 0 aromatic carbocycles. The Bertz CT molecular complexity index is 576. The van der Waals surface area contributed by atoms with Gasteiger partial charge in [0.25, 0.3) is 5.82 Å². The monoisotopic (exact) mass is 518 g/mol. The van der Waals surface area contributed by atoms with Crippen LogP contribution in [0.15, 0.2) is 12.4 Å². The third-order valence-electron chi connectivity index (χ3n) is 8.44. The van der Waals surface area contributed by atoms with Crippen LogP contribution in [0.25, 0.3) is 0 Å². The number of hydrogen-bond acceptors (Lipinski definition) is 0. The molecule has 1 N–H and O–H groups in total. The Morgan fingerprint density at radius 3 is 1.41 bits per heavy atom. The number of hydrogen-bond donors (Lipinski definition) is 1. The number of aromatic amines is 1. The van der Waals surface area contributed by atoms with Gasteiger partial charge in [-0.25, -0.2) is 9.55 Å². The van der Waals surface area contributed by atoms with Crippen LogP contribution in [0.3, 0.4) is 0 Å². The minimum atomic E-state index is 0.634. The van der Waals surface area contributed by atoms with Gasteiger partial charge in [0.05, 0.1) is 6.04 Å². The van der Waals surface area contributed by atoms with Gasteiger partial charge in [-0.2, -0.15) is 0 Å². The summed E-state index contributed by atoms with van der Waals surface area (Å²) in [5.74, 6) is 2.33. The molecule has 1 unspecified atom stereocenters. The lowest BCUT2D eigenvalue weighted by Crippen LogP contribution is -2.39. The summed E-state index contributed by atoms with van der Waals surface area (Å²) in [4.78, 5) is 3.54. The van der Waals surface area contributed by atoms with E-state index in [0.717, 1.165) is 5.92 Å². The van der Waals surface area contributed by atoms with Crippen LogP contribution in [0.1, 0.15) is 200 Å². The molecule has 1 aromatic heterocycles. The normalized spacial score (nSPS) is 12.6. The van der Waals surface area contributed by atoms with Gasteiger partial charge in [0.2, 0.25) is 0 Å². The molecule has 0 aliphatic carbocycles. The molecule has 0 saturated heterocycles. The average Bonchev–Trinajstić information content (AvgIpc) is 3.36. The Hall–Kier alpha value is -0.790. The van der Waals surface area contributed by atoms with Gasteiger partial charge < -0.3 is 0 Å². The minimum absolute atomic E-state index is 0.634. The predicted octanol–water partition coefficient (Wildman–Crippen LogP) is 11.8. The van der Waals surface area contributed by atoms with Gasteiger partial charge in [0.15, 0.2) is 0 Å². The summed E-state index contributed by atoms with van der Waals surface area (Å²) in [6, 6.07) is 0.634. The molecule has 0 bridgehead atoms. The summed E-state index contributed by atoms with van der Waals surface area (Å²) < 4.78 is 2.53. The number of aryl methyl sites for hydroxylation is 1. The Balaban J connectivity index is 1.94. The summed E-state index contributed by atoms with van der Waals surface area (Å²) in [6.45, 7) is 9.41. The lowest BCUT2D eigenvalue weighted by molar-refractivity contribution is -0.726. The van der Waals surface area contributed by atoms with E-state index in [1.54, 1.807) is 0 Å². The van der Waals surface area contributed by atoms with E-state index in [9.17, 15) is 0 Å². The molecule has 2 heteroatoms. The van der Waals surface area contributed by atoms with E-state index in [0.29, 0.717) is 6.04 Å². The van der Waals surface area contributed by atoms with Crippen molar-refractivity contribution < 1.29 is 4.57 Å². The Morgan fingerprint density at radius 1 is 0.541 bits per heavy atom. The zero-order valence-electron chi connectivity index (χ0n) is 26.1. The number of nitrogens with zero attached hydrogens (tertiary/aromatic N) is 1. The Labute approximate surface area is 234 Å². The summed E-state index contributed by atoms with van der Waals surface area (Å²) in [5.41, 5.74) is 0. The van der Waals surface area contributed by atoms with Crippen LogP contribution in [-0.2, 0) is 6.42 Å². The highest BCUT2D eigenvalue weighted by Crippen LogP contribution is 2.16. The third kappa shape index (κ3) is 20.8. The van der Waals surface area contributed by atoms with E-state index in [1.807, 2.05) is 0 Å². The van der Waals surface area contributed by atoms with Crippen molar-refractivity contribution in [2.45, 2.75) is 201 Å². The maximum absolute atomic E-state index is 3.54. The Morgan fingerprint density at radius 2 is 0.946 bits per heavy atom. The Kier molecular flexibility index (Phi) is 23.6. The molecule has 0 aliphatic rings. The standard InChI is InChI=1S/C35H68N2/c1-5-6-7-8-9-10-13-17-20-23-26-29-34(4)37-32-31-36-35(37)30-27-24-21-18-15-12-11-14-16-19-22-25-28-33(2)3/h31-34H,5-30H2,1-4H3/p+1. The molecule has 0 spiro atoms. The number of H-pyrrole nitrogens is 1. The van der Waals surface area contributed by atoms with Gasteiger partial charge in [-0.15, -0.1) is 0 Å². The molecule has 0 aliphatic heterocycles. The van der Waals surface area contributed by atoms with Crippen LogP contribution in [0, 0.1) is 5.92 Å². The molecule has 1 rings (SSSR count). The van der Waals surface area contributed by atoms with Gasteiger partial charge in [-0.05, 0) is 32.1 Å².